The molecule has 1 rings (SSSR count). The SMILES string of the molecule is FC(F)(F)Oc1ccc(Br)cc1CCl. The fourth-order valence-electron chi connectivity index (χ4n) is 0.877. The van der Waals surface area contributed by atoms with E-state index < -0.39 is 6.36 Å². The molecule has 0 N–H and O–H groups in total. The van der Waals surface area contributed by atoms with E-state index in [1.54, 1.807) is 0 Å². The normalized spacial score (nSPS) is 11.5. The summed E-state index contributed by atoms with van der Waals surface area (Å²) in [6, 6.07) is 4.15. The lowest BCUT2D eigenvalue weighted by molar-refractivity contribution is -0.274. The Hall–Kier alpha value is -0.420. The zero-order chi connectivity index (χ0) is 10.8. The summed E-state index contributed by atoms with van der Waals surface area (Å²) in [6.07, 6.45) is -4.69. The molecule has 0 aromatic heterocycles. The summed E-state index contributed by atoms with van der Waals surface area (Å²) in [7, 11) is 0. The lowest BCUT2D eigenvalue weighted by Crippen LogP contribution is -2.17. The number of halogens is 5. The van der Waals surface area contributed by atoms with Crippen molar-refractivity contribution in [2.45, 2.75) is 12.2 Å². The van der Waals surface area contributed by atoms with E-state index in [9.17, 15) is 13.2 Å². The topological polar surface area (TPSA) is 9.23 Å². The van der Waals surface area contributed by atoms with Crippen LogP contribution < -0.4 is 4.74 Å². The Labute approximate surface area is 91.9 Å². The van der Waals surface area contributed by atoms with Crippen molar-refractivity contribution in [1.29, 1.82) is 0 Å². The molecule has 0 saturated carbocycles. The van der Waals surface area contributed by atoms with Crippen LogP contribution in [0.2, 0.25) is 0 Å². The highest BCUT2D eigenvalue weighted by Crippen LogP contribution is 2.29. The van der Waals surface area contributed by atoms with Gasteiger partial charge in [-0.15, -0.1) is 24.8 Å². The first-order chi connectivity index (χ1) is 6.42. The molecule has 1 nitrogen and oxygen atoms in total. The highest BCUT2D eigenvalue weighted by Gasteiger charge is 2.31. The zero-order valence-corrected chi connectivity index (χ0v) is 9.08. The Kier molecular flexibility index (Phi) is 3.66. The summed E-state index contributed by atoms with van der Waals surface area (Å²) in [5, 5.41) is 0. The maximum absolute atomic E-state index is 11.9. The molecule has 6 heteroatoms. The van der Waals surface area contributed by atoms with E-state index in [-0.39, 0.29) is 11.6 Å². The van der Waals surface area contributed by atoms with Crippen molar-refractivity contribution >= 4 is 27.5 Å². The first kappa shape index (κ1) is 11.7. The predicted molar refractivity (Wildman–Crippen MR) is 50.4 cm³/mol. The third kappa shape index (κ3) is 3.38. The van der Waals surface area contributed by atoms with Crippen LogP contribution in [0.15, 0.2) is 22.7 Å². The van der Waals surface area contributed by atoms with Gasteiger partial charge in [0.1, 0.15) is 5.75 Å². The van der Waals surface area contributed by atoms with Gasteiger partial charge in [0.2, 0.25) is 0 Å². The predicted octanol–water partition coefficient (Wildman–Crippen LogP) is 4.09. The number of alkyl halides is 4. The molecule has 1 aromatic carbocycles. The van der Waals surface area contributed by atoms with Crippen LogP contribution in [0.5, 0.6) is 5.75 Å². The van der Waals surface area contributed by atoms with Gasteiger partial charge in [-0.1, -0.05) is 15.9 Å². The summed E-state index contributed by atoms with van der Waals surface area (Å²) in [6.45, 7) is 0. The molecule has 14 heavy (non-hydrogen) atoms. The molecule has 0 aliphatic rings. The number of ether oxygens (including phenoxy) is 1. The molecular formula is C8H5BrClF3O. The van der Waals surface area contributed by atoms with Gasteiger partial charge in [0.15, 0.2) is 0 Å². The Morgan fingerprint density at radius 3 is 2.50 bits per heavy atom. The molecule has 78 valence electrons. The van der Waals surface area contributed by atoms with E-state index >= 15 is 0 Å². The second kappa shape index (κ2) is 4.40. The van der Waals surface area contributed by atoms with Crippen LogP contribution in [0.1, 0.15) is 5.56 Å². The summed E-state index contributed by atoms with van der Waals surface area (Å²) >= 11 is 8.59. The zero-order valence-electron chi connectivity index (χ0n) is 6.74. The van der Waals surface area contributed by atoms with Gasteiger partial charge < -0.3 is 4.74 Å². The molecule has 0 heterocycles. The van der Waals surface area contributed by atoms with Crippen LogP contribution in [0.3, 0.4) is 0 Å². The Morgan fingerprint density at radius 2 is 2.00 bits per heavy atom. The van der Waals surface area contributed by atoms with E-state index in [1.807, 2.05) is 0 Å². The highest BCUT2D eigenvalue weighted by molar-refractivity contribution is 9.10. The largest absolute Gasteiger partial charge is 0.573 e. The Balaban J connectivity index is 2.97. The fourth-order valence-corrected chi connectivity index (χ4v) is 1.49. The average Bonchev–Trinajstić information content (AvgIpc) is 2.06. The van der Waals surface area contributed by atoms with Gasteiger partial charge in [-0.2, -0.15) is 0 Å². The maximum Gasteiger partial charge on any atom is 0.573 e. The van der Waals surface area contributed by atoms with Crippen molar-refractivity contribution in [1.82, 2.24) is 0 Å². The van der Waals surface area contributed by atoms with E-state index in [0.29, 0.717) is 10.0 Å². The second-order valence-electron chi connectivity index (χ2n) is 2.43. The lowest BCUT2D eigenvalue weighted by atomic mass is 10.2. The molecule has 0 saturated heterocycles. The van der Waals surface area contributed by atoms with Gasteiger partial charge in [-0.25, -0.2) is 0 Å². The van der Waals surface area contributed by atoms with Gasteiger partial charge in [0.05, 0.1) is 5.88 Å². The smallest absolute Gasteiger partial charge is 0.405 e. The van der Waals surface area contributed by atoms with Crippen molar-refractivity contribution in [2.24, 2.45) is 0 Å². The fraction of sp³-hybridized carbons (Fsp3) is 0.250. The average molecular weight is 289 g/mol. The minimum absolute atomic E-state index is 0.0369. The van der Waals surface area contributed by atoms with E-state index in [2.05, 4.69) is 20.7 Å². The lowest BCUT2D eigenvalue weighted by Gasteiger charge is -2.11. The summed E-state index contributed by atoms with van der Waals surface area (Å²) in [5.74, 6) is -0.305. The van der Waals surface area contributed by atoms with Crippen LogP contribution in [0.4, 0.5) is 13.2 Å². The molecule has 0 spiro atoms. The molecule has 0 fully saturated rings. The molecule has 0 atom stereocenters. The van der Waals surface area contributed by atoms with E-state index in [1.165, 1.54) is 18.2 Å². The van der Waals surface area contributed by atoms with Crippen LogP contribution >= 0.6 is 27.5 Å². The standard InChI is InChI=1S/C8H5BrClF3O/c9-6-1-2-7(5(3-6)4-10)14-8(11,12)13/h1-3H,4H2. The molecular weight excluding hydrogens is 284 g/mol. The molecule has 1 aromatic rings. The molecule has 0 unspecified atom stereocenters. The number of hydrogen-bond donors (Lipinski definition) is 0. The Bertz CT molecular complexity index is 327. The van der Waals surface area contributed by atoms with Crippen molar-refractivity contribution in [3.63, 3.8) is 0 Å². The third-order valence-electron chi connectivity index (χ3n) is 1.39. The minimum atomic E-state index is -4.69. The molecule has 0 amide bonds. The van der Waals surface area contributed by atoms with Crippen LogP contribution in [0, 0.1) is 0 Å². The first-order valence-corrected chi connectivity index (χ1v) is 4.85. The minimum Gasteiger partial charge on any atom is -0.405 e. The van der Waals surface area contributed by atoms with Crippen LogP contribution in [0.25, 0.3) is 0 Å². The maximum atomic E-state index is 11.9. The summed E-state index contributed by atoms with van der Waals surface area (Å²) < 4.78 is 40.1. The van der Waals surface area contributed by atoms with Crippen molar-refractivity contribution in [3.05, 3.63) is 28.2 Å². The van der Waals surface area contributed by atoms with Gasteiger partial charge >= 0.3 is 6.36 Å². The highest BCUT2D eigenvalue weighted by atomic mass is 79.9. The van der Waals surface area contributed by atoms with Gasteiger partial charge in [-0.05, 0) is 18.2 Å². The summed E-state index contributed by atoms with van der Waals surface area (Å²) in [4.78, 5) is 0. The third-order valence-corrected chi connectivity index (χ3v) is 2.17. The number of benzene rings is 1. The number of hydrogen-bond acceptors (Lipinski definition) is 1. The van der Waals surface area contributed by atoms with E-state index in [0.717, 1.165) is 0 Å². The second-order valence-corrected chi connectivity index (χ2v) is 3.62. The summed E-state index contributed by atoms with van der Waals surface area (Å²) in [5.41, 5.74) is 0.290. The quantitative estimate of drug-likeness (QED) is 0.745. The molecule has 0 bridgehead atoms. The van der Waals surface area contributed by atoms with Crippen molar-refractivity contribution in [2.75, 3.05) is 0 Å². The van der Waals surface area contributed by atoms with Gasteiger partial charge in [0, 0.05) is 10.0 Å². The Morgan fingerprint density at radius 1 is 1.36 bits per heavy atom. The molecule has 0 radical (unpaired) electrons. The molecule has 0 aliphatic heterocycles. The van der Waals surface area contributed by atoms with E-state index in [4.69, 9.17) is 11.6 Å². The van der Waals surface area contributed by atoms with Crippen LogP contribution in [-0.4, -0.2) is 6.36 Å². The van der Waals surface area contributed by atoms with Crippen LogP contribution in [-0.2, 0) is 5.88 Å². The first-order valence-electron chi connectivity index (χ1n) is 3.52. The van der Waals surface area contributed by atoms with Crippen molar-refractivity contribution in [3.8, 4) is 5.75 Å². The molecule has 0 aliphatic carbocycles. The van der Waals surface area contributed by atoms with Crippen molar-refractivity contribution < 1.29 is 17.9 Å². The van der Waals surface area contributed by atoms with Gasteiger partial charge in [0.25, 0.3) is 0 Å². The number of rotatable bonds is 2. The monoisotopic (exact) mass is 288 g/mol. The van der Waals surface area contributed by atoms with Gasteiger partial charge in [-0.3, -0.25) is 0 Å².